The number of anilines is 1. The van der Waals surface area contributed by atoms with Crippen LogP contribution in [0.25, 0.3) is 22.2 Å². The molecule has 1 saturated heterocycles. The lowest BCUT2D eigenvalue weighted by atomic mass is 10.0. The van der Waals surface area contributed by atoms with Crippen molar-refractivity contribution in [1.82, 2.24) is 15.3 Å². The molecule has 1 fully saturated rings. The van der Waals surface area contributed by atoms with Crippen molar-refractivity contribution < 1.29 is 9.53 Å². The van der Waals surface area contributed by atoms with Gasteiger partial charge in [-0.05, 0) is 30.7 Å². The van der Waals surface area contributed by atoms with Gasteiger partial charge < -0.3 is 15.0 Å². The van der Waals surface area contributed by atoms with Crippen molar-refractivity contribution in [3.63, 3.8) is 0 Å². The first-order chi connectivity index (χ1) is 16.2. The number of morpholine rings is 1. The van der Waals surface area contributed by atoms with Gasteiger partial charge in [-0.25, -0.2) is 9.97 Å². The second kappa shape index (κ2) is 9.38. The van der Waals surface area contributed by atoms with Crippen LogP contribution in [0, 0.1) is 6.92 Å². The average molecular weight is 439 g/mol. The van der Waals surface area contributed by atoms with Gasteiger partial charge in [0.15, 0.2) is 0 Å². The maximum absolute atomic E-state index is 13.2. The van der Waals surface area contributed by atoms with Crippen LogP contribution >= 0.6 is 0 Å². The highest BCUT2D eigenvalue weighted by molar-refractivity contribution is 6.07. The number of hydrogen-bond acceptors (Lipinski definition) is 5. The third-order valence-corrected chi connectivity index (χ3v) is 5.91. The van der Waals surface area contributed by atoms with Crippen molar-refractivity contribution in [2.24, 2.45) is 0 Å². The number of amides is 1. The maximum Gasteiger partial charge on any atom is 0.252 e. The van der Waals surface area contributed by atoms with E-state index in [-0.39, 0.29) is 5.91 Å². The zero-order valence-corrected chi connectivity index (χ0v) is 18.6. The number of pyridine rings is 2. The quantitative estimate of drug-likeness (QED) is 0.501. The third kappa shape index (κ3) is 4.71. The first-order valence-electron chi connectivity index (χ1n) is 11.2. The lowest BCUT2D eigenvalue weighted by molar-refractivity contribution is 0.0952. The van der Waals surface area contributed by atoms with Gasteiger partial charge in [0.05, 0.1) is 30.0 Å². The normalized spacial score (nSPS) is 13.8. The van der Waals surface area contributed by atoms with E-state index in [4.69, 9.17) is 9.72 Å². The summed E-state index contributed by atoms with van der Waals surface area (Å²) in [5, 5.41) is 3.89. The largest absolute Gasteiger partial charge is 0.378 e. The molecule has 0 unspecified atom stereocenters. The van der Waals surface area contributed by atoms with Gasteiger partial charge in [0.2, 0.25) is 0 Å². The van der Waals surface area contributed by atoms with Crippen molar-refractivity contribution in [1.29, 1.82) is 0 Å². The van der Waals surface area contributed by atoms with E-state index in [0.29, 0.717) is 12.1 Å². The summed E-state index contributed by atoms with van der Waals surface area (Å²) < 4.78 is 5.40. The van der Waals surface area contributed by atoms with Gasteiger partial charge >= 0.3 is 0 Å². The molecule has 1 aliphatic rings. The monoisotopic (exact) mass is 438 g/mol. The molecule has 2 aromatic carbocycles. The van der Waals surface area contributed by atoms with Crippen LogP contribution in [0.5, 0.6) is 0 Å². The lowest BCUT2D eigenvalue weighted by Crippen LogP contribution is -2.36. The first-order valence-corrected chi connectivity index (χ1v) is 11.2. The highest BCUT2D eigenvalue weighted by Crippen LogP contribution is 2.25. The predicted molar refractivity (Wildman–Crippen MR) is 130 cm³/mol. The molecule has 0 atom stereocenters. The predicted octanol–water partition coefficient (Wildman–Crippen LogP) is 4.37. The molecule has 0 saturated carbocycles. The average Bonchev–Trinajstić information content (AvgIpc) is 2.88. The standard InChI is InChI=1S/C27H26N4O2/c1-19-6-9-21(10-7-19)25-16-23(22-4-2-3-5-24(22)30-25)27(32)29-18-20-8-11-26(28-17-20)31-12-14-33-15-13-31/h2-11,16-17H,12-15,18H2,1H3,(H,29,32). The number of carbonyl (C=O) groups excluding carboxylic acids is 1. The first kappa shape index (κ1) is 21.1. The van der Waals surface area contributed by atoms with Crippen LogP contribution < -0.4 is 10.2 Å². The van der Waals surface area contributed by atoms with Crippen molar-refractivity contribution in [3.05, 3.63) is 89.6 Å². The zero-order chi connectivity index (χ0) is 22.6. The van der Waals surface area contributed by atoms with Gasteiger partial charge in [-0.2, -0.15) is 0 Å². The number of fused-ring (bicyclic) bond motifs is 1. The molecule has 0 bridgehead atoms. The van der Waals surface area contributed by atoms with Gasteiger partial charge in [0, 0.05) is 36.8 Å². The topological polar surface area (TPSA) is 67.4 Å². The molecule has 1 amide bonds. The Kier molecular flexibility index (Phi) is 6.00. The van der Waals surface area contributed by atoms with E-state index in [2.05, 4.69) is 34.3 Å². The second-order valence-corrected chi connectivity index (χ2v) is 8.24. The molecule has 1 aliphatic heterocycles. The van der Waals surface area contributed by atoms with E-state index in [1.165, 1.54) is 5.56 Å². The highest BCUT2D eigenvalue weighted by Gasteiger charge is 2.15. The maximum atomic E-state index is 13.2. The molecule has 2 aromatic heterocycles. The Hall–Kier alpha value is -3.77. The van der Waals surface area contributed by atoms with E-state index in [0.717, 1.165) is 59.8 Å². The molecule has 0 aliphatic carbocycles. The van der Waals surface area contributed by atoms with Crippen LogP contribution in [-0.4, -0.2) is 42.2 Å². The van der Waals surface area contributed by atoms with Crippen LogP contribution in [0.4, 0.5) is 5.82 Å². The van der Waals surface area contributed by atoms with E-state index < -0.39 is 0 Å². The number of aryl methyl sites for hydroxylation is 1. The SMILES string of the molecule is Cc1ccc(-c2cc(C(=O)NCc3ccc(N4CCOCC4)nc3)c3ccccc3n2)cc1. The van der Waals surface area contributed by atoms with Crippen molar-refractivity contribution in [2.45, 2.75) is 13.5 Å². The molecule has 0 spiro atoms. The van der Waals surface area contributed by atoms with E-state index >= 15 is 0 Å². The van der Waals surface area contributed by atoms with Crippen LogP contribution in [0.2, 0.25) is 0 Å². The van der Waals surface area contributed by atoms with Crippen LogP contribution in [-0.2, 0) is 11.3 Å². The molecule has 33 heavy (non-hydrogen) atoms. The third-order valence-electron chi connectivity index (χ3n) is 5.91. The number of hydrogen-bond donors (Lipinski definition) is 1. The Morgan fingerprint density at radius 2 is 1.82 bits per heavy atom. The molecular weight excluding hydrogens is 412 g/mol. The highest BCUT2D eigenvalue weighted by atomic mass is 16.5. The summed E-state index contributed by atoms with van der Waals surface area (Å²) in [6, 6.07) is 21.8. The Morgan fingerprint density at radius 1 is 1.03 bits per heavy atom. The fourth-order valence-corrected chi connectivity index (χ4v) is 4.01. The van der Waals surface area contributed by atoms with Crippen molar-refractivity contribution >= 4 is 22.6 Å². The summed E-state index contributed by atoms with van der Waals surface area (Å²) >= 11 is 0. The molecule has 3 heterocycles. The Balaban J connectivity index is 1.36. The molecule has 4 aromatic rings. The number of nitrogens with one attached hydrogen (secondary N) is 1. The van der Waals surface area contributed by atoms with Crippen LogP contribution in [0.15, 0.2) is 72.9 Å². The lowest BCUT2D eigenvalue weighted by Gasteiger charge is -2.27. The van der Waals surface area contributed by atoms with Gasteiger partial charge in [0.25, 0.3) is 5.91 Å². The minimum absolute atomic E-state index is 0.126. The van der Waals surface area contributed by atoms with E-state index in [1.807, 2.05) is 60.8 Å². The number of nitrogens with zero attached hydrogens (tertiary/aromatic N) is 3. The number of rotatable bonds is 5. The molecule has 166 valence electrons. The van der Waals surface area contributed by atoms with Gasteiger partial charge in [-0.3, -0.25) is 4.79 Å². The Morgan fingerprint density at radius 3 is 2.58 bits per heavy atom. The molecule has 5 rings (SSSR count). The van der Waals surface area contributed by atoms with Gasteiger partial charge in [-0.1, -0.05) is 54.1 Å². The molecule has 1 N–H and O–H groups in total. The van der Waals surface area contributed by atoms with E-state index in [1.54, 1.807) is 0 Å². The summed E-state index contributed by atoms with van der Waals surface area (Å²) in [6.07, 6.45) is 1.83. The Labute approximate surface area is 193 Å². The molecule has 0 radical (unpaired) electrons. The van der Waals surface area contributed by atoms with E-state index in [9.17, 15) is 4.79 Å². The number of benzene rings is 2. The number of para-hydroxylation sites is 1. The zero-order valence-electron chi connectivity index (χ0n) is 18.6. The minimum Gasteiger partial charge on any atom is -0.378 e. The number of ether oxygens (including phenoxy) is 1. The van der Waals surface area contributed by atoms with Gasteiger partial charge in [-0.15, -0.1) is 0 Å². The molecule has 6 heteroatoms. The van der Waals surface area contributed by atoms with Crippen molar-refractivity contribution in [3.8, 4) is 11.3 Å². The molecular formula is C27H26N4O2. The summed E-state index contributed by atoms with van der Waals surface area (Å²) in [6.45, 7) is 5.61. The number of carbonyl (C=O) groups is 1. The van der Waals surface area contributed by atoms with Crippen LogP contribution in [0.3, 0.4) is 0 Å². The molecule has 6 nitrogen and oxygen atoms in total. The smallest absolute Gasteiger partial charge is 0.252 e. The minimum atomic E-state index is -0.126. The Bertz CT molecular complexity index is 1260. The second-order valence-electron chi connectivity index (χ2n) is 8.24. The summed E-state index contributed by atoms with van der Waals surface area (Å²) in [5.74, 6) is 0.815. The van der Waals surface area contributed by atoms with Crippen LogP contribution in [0.1, 0.15) is 21.5 Å². The fourth-order valence-electron chi connectivity index (χ4n) is 4.01. The fraction of sp³-hybridized carbons (Fsp3) is 0.222. The summed E-state index contributed by atoms with van der Waals surface area (Å²) in [5.41, 5.74) is 5.34. The van der Waals surface area contributed by atoms with Crippen molar-refractivity contribution in [2.75, 3.05) is 31.2 Å². The summed E-state index contributed by atoms with van der Waals surface area (Å²) in [7, 11) is 0. The summed E-state index contributed by atoms with van der Waals surface area (Å²) in [4.78, 5) is 24.8. The van der Waals surface area contributed by atoms with Gasteiger partial charge in [0.1, 0.15) is 5.82 Å². The number of aromatic nitrogens is 2.